The first-order chi connectivity index (χ1) is 7.86. The number of rotatable bonds is 4. The fourth-order valence-electron chi connectivity index (χ4n) is 3.09. The summed E-state index contributed by atoms with van der Waals surface area (Å²) in [7, 11) is 0. The van der Waals surface area contributed by atoms with E-state index in [9.17, 15) is 0 Å². The third kappa shape index (κ3) is 3.74. The molecule has 0 aromatic rings. The molecule has 1 saturated carbocycles. The lowest BCUT2D eigenvalue weighted by Crippen LogP contribution is -2.40. The molecule has 1 aliphatic carbocycles. The highest BCUT2D eigenvalue weighted by Crippen LogP contribution is 2.26. The zero-order valence-corrected chi connectivity index (χ0v) is 10.7. The molecule has 2 fully saturated rings. The third-order valence-corrected chi connectivity index (χ3v) is 4.30. The lowest BCUT2D eigenvalue weighted by molar-refractivity contribution is 0.0141. The maximum Gasteiger partial charge on any atom is 0.0699 e. The Hall–Kier alpha value is -0.0800. The third-order valence-electron chi connectivity index (χ3n) is 4.30. The van der Waals surface area contributed by atoms with Crippen molar-refractivity contribution in [1.82, 2.24) is 5.32 Å². The van der Waals surface area contributed by atoms with Gasteiger partial charge in [0.25, 0.3) is 0 Å². The van der Waals surface area contributed by atoms with Gasteiger partial charge in [0.2, 0.25) is 0 Å². The Morgan fingerprint density at radius 2 is 1.81 bits per heavy atom. The van der Waals surface area contributed by atoms with Gasteiger partial charge in [-0.2, -0.15) is 0 Å². The Morgan fingerprint density at radius 1 is 1.06 bits per heavy atom. The Morgan fingerprint density at radius 3 is 2.50 bits per heavy atom. The Kier molecular flexibility index (Phi) is 5.11. The molecule has 0 bridgehead atoms. The van der Waals surface area contributed by atoms with Crippen LogP contribution in [0.1, 0.15) is 58.3 Å². The fourth-order valence-corrected chi connectivity index (χ4v) is 3.09. The first kappa shape index (κ1) is 12.4. The van der Waals surface area contributed by atoms with Crippen molar-refractivity contribution in [3.05, 3.63) is 0 Å². The molecule has 1 unspecified atom stereocenters. The first-order valence-electron chi connectivity index (χ1n) is 7.21. The Labute approximate surface area is 100 Å². The summed E-state index contributed by atoms with van der Waals surface area (Å²) in [5.41, 5.74) is 0. The van der Waals surface area contributed by atoms with E-state index in [1.807, 2.05) is 0 Å². The van der Waals surface area contributed by atoms with Crippen LogP contribution in [-0.4, -0.2) is 25.3 Å². The van der Waals surface area contributed by atoms with Crippen molar-refractivity contribution in [2.75, 3.05) is 13.2 Å². The highest BCUT2D eigenvalue weighted by molar-refractivity contribution is 4.77. The van der Waals surface area contributed by atoms with E-state index in [2.05, 4.69) is 12.2 Å². The van der Waals surface area contributed by atoms with Gasteiger partial charge in [0.05, 0.1) is 6.10 Å². The van der Waals surface area contributed by atoms with Crippen molar-refractivity contribution in [2.24, 2.45) is 5.92 Å². The maximum absolute atomic E-state index is 5.75. The molecule has 16 heavy (non-hydrogen) atoms. The van der Waals surface area contributed by atoms with Crippen molar-refractivity contribution in [1.29, 1.82) is 0 Å². The summed E-state index contributed by atoms with van der Waals surface area (Å²) in [4.78, 5) is 0. The van der Waals surface area contributed by atoms with Crippen LogP contribution in [-0.2, 0) is 4.74 Å². The SMILES string of the molecule is C[C@@H](NCC1CCCCO1)C1CCCCC1. The minimum atomic E-state index is 0.486. The molecule has 0 amide bonds. The molecule has 2 aliphatic rings. The van der Waals surface area contributed by atoms with Crippen molar-refractivity contribution in [2.45, 2.75) is 70.4 Å². The van der Waals surface area contributed by atoms with Gasteiger partial charge in [0.15, 0.2) is 0 Å². The van der Waals surface area contributed by atoms with E-state index in [0.717, 1.165) is 19.1 Å². The van der Waals surface area contributed by atoms with Gasteiger partial charge in [-0.15, -0.1) is 0 Å². The van der Waals surface area contributed by atoms with Crippen molar-refractivity contribution in [3.8, 4) is 0 Å². The zero-order chi connectivity index (χ0) is 11.2. The van der Waals surface area contributed by atoms with Gasteiger partial charge in [0, 0.05) is 19.2 Å². The van der Waals surface area contributed by atoms with E-state index in [4.69, 9.17) is 4.74 Å². The van der Waals surface area contributed by atoms with Crippen LogP contribution in [0.25, 0.3) is 0 Å². The molecule has 94 valence electrons. The summed E-state index contributed by atoms with van der Waals surface area (Å²) in [5.74, 6) is 0.914. The topological polar surface area (TPSA) is 21.3 Å². The molecule has 1 aliphatic heterocycles. The molecule has 1 saturated heterocycles. The predicted octanol–water partition coefficient (Wildman–Crippen LogP) is 3.11. The second-order valence-corrected chi connectivity index (χ2v) is 5.58. The second kappa shape index (κ2) is 6.61. The highest BCUT2D eigenvalue weighted by atomic mass is 16.5. The average molecular weight is 225 g/mol. The van der Waals surface area contributed by atoms with Crippen LogP contribution >= 0.6 is 0 Å². The van der Waals surface area contributed by atoms with Crippen molar-refractivity contribution >= 4 is 0 Å². The van der Waals surface area contributed by atoms with E-state index in [1.165, 1.54) is 51.4 Å². The van der Waals surface area contributed by atoms with Gasteiger partial charge in [-0.3, -0.25) is 0 Å². The Bertz CT molecular complexity index is 183. The van der Waals surface area contributed by atoms with Gasteiger partial charge in [-0.25, -0.2) is 0 Å². The average Bonchev–Trinajstić information content (AvgIpc) is 2.38. The van der Waals surface area contributed by atoms with Crippen LogP contribution in [0.3, 0.4) is 0 Å². The highest BCUT2D eigenvalue weighted by Gasteiger charge is 2.21. The normalized spacial score (nSPS) is 30.2. The van der Waals surface area contributed by atoms with E-state index in [1.54, 1.807) is 0 Å². The van der Waals surface area contributed by atoms with Gasteiger partial charge in [-0.05, 0) is 44.9 Å². The first-order valence-corrected chi connectivity index (χ1v) is 7.21. The molecule has 0 aromatic heterocycles. The standard InChI is InChI=1S/C14H27NO/c1-12(13-7-3-2-4-8-13)15-11-14-9-5-6-10-16-14/h12-15H,2-11H2,1H3/t12-,14?/m1/s1. The van der Waals surface area contributed by atoms with Gasteiger partial charge in [0.1, 0.15) is 0 Å². The molecule has 0 aromatic carbocycles. The van der Waals surface area contributed by atoms with Crippen LogP contribution in [0.15, 0.2) is 0 Å². The molecular formula is C14H27NO. The molecule has 1 heterocycles. The number of hydrogen-bond donors (Lipinski definition) is 1. The molecule has 2 rings (SSSR count). The maximum atomic E-state index is 5.75. The van der Waals surface area contributed by atoms with Crippen LogP contribution in [0, 0.1) is 5.92 Å². The Balaban J connectivity index is 1.63. The van der Waals surface area contributed by atoms with E-state index < -0.39 is 0 Å². The van der Waals surface area contributed by atoms with E-state index in [-0.39, 0.29) is 0 Å². The summed E-state index contributed by atoms with van der Waals surface area (Å²) in [6.45, 7) is 4.40. The smallest absolute Gasteiger partial charge is 0.0699 e. The number of hydrogen-bond acceptors (Lipinski definition) is 2. The minimum Gasteiger partial charge on any atom is -0.377 e. The lowest BCUT2D eigenvalue weighted by atomic mass is 9.84. The van der Waals surface area contributed by atoms with Crippen LogP contribution in [0.5, 0.6) is 0 Å². The van der Waals surface area contributed by atoms with Crippen LogP contribution in [0.4, 0.5) is 0 Å². The van der Waals surface area contributed by atoms with Gasteiger partial charge >= 0.3 is 0 Å². The van der Waals surface area contributed by atoms with Crippen molar-refractivity contribution < 1.29 is 4.74 Å². The molecular weight excluding hydrogens is 198 g/mol. The summed E-state index contributed by atoms with van der Waals surface area (Å²) in [6, 6.07) is 0.686. The molecule has 2 atom stereocenters. The molecule has 2 nitrogen and oxygen atoms in total. The van der Waals surface area contributed by atoms with Crippen LogP contribution < -0.4 is 5.32 Å². The van der Waals surface area contributed by atoms with Gasteiger partial charge < -0.3 is 10.1 Å². The zero-order valence-electron chi connectivity index (χ0n) is 10.7. The minimum absolute atomic E-state index is 0.486. The second-order valence-electron chi connectivity index (χ2n) is 5.58. The summed E-state index contributed by atoms with van der Waals surface area (Å²) in [5, 5.41) is 3.70. The van der Waals surface area contributed by atoms with Gasteiger partial charge in [-0.1, -0.05) is 19.3 Å². The summed E-state index contributed by atoms with van der Waals surface area (Å²) in [6.07, 6.45) is 11.5. The summed E-state index contributed by atoms with van der Waals surface area (Å²) < 4.78 is 5.75. The van der Waals surface area contributed by atoms with Crippen LogP contribution in [0.2, 0.25) is 0 Å². The number of ether oxygens (including phenoxy) is 1. The quantitative estimate of drug-likeness (QED) is 0.794. The van der Waals surface area contributed by atoms with E-state index >= 15 is 0 Å². The van der Waals surface area contributed by atoms with E-state index in [0.29, 0.717) is 12.1 Å². The largest absolute Gasteiger partial charge is 0.377 e. The molecule has 0 spiro atoms. The summed E-state index contributed by atoms with van der Waals surface area (Å²) >= 11 is 0. The molecule has 0 radical (unpaired) electrons. The fraction of sp³-hybridized carbons (Fsp3) is 1.00. The predicted molar refractivity (Wildman–Crippen MR) is 67.6 cm³/mol. The monoisotopic (exact) mass is 225 g/mol. The number of nitrogens with one attached hydrogen (secondary N) is 1. The van der Waals surface area contributed by atoms with Crippen molar-refractivity contribution in [3.63, 3.8) is 0 Å². The molecule has 2 heteroatoms. The lowest BCUT2D eigenvalue weighted by Gasteiger charge is -2.30. The molecule has 1 N–H and O–H groups in total.